The fraction of sp³-hybridized carbons (Fsp3) is 0.588. The molecule has 1 aromatic carbocycles. The topological polar surface area (TPSA) is 61.4 Å². The molecule has 2 aliphatic rings. The lowest BCUT2D eigenvalue weighted by molar-refractivity contribution is -0.123. The molecular weight excluding hydrogens is 264 g/mol. The SMILES string of the molecule is CC1(C)CCC(NC(=O)C2CC(O)CN2)c2ccccc21. The first-order valence-electron chi connectivity index (χ1n) is 7.78. The van der Waals surface area contributed by atoms with Crippen molar-refractivity contribution >= 4 is 5.91 Å². The van der Waals surface area contributed by atoms with Crippen LogP contribution in [0.3, 0.4) is 0 Å². The lowest BCUT2D eigenvalue weighted by Gasteiger charge is -2.37. The van der Waals surface area contributed by atoms with Crippen LogP contribution in [0.1, 0.15) is 50.3 Å². The van der Waals surface area contributed by atoms with Crippen LogP contribution in [0.2, 0.25) is 0 Å². The highest BCUT2D eigenvalue weighted by Crippen LogP contribution is 2.41. The molecule has 3 rings (SSSR count). The van der Waals surface area contributed by atoms with E-state index in [2.05, 4.69) is 42.7 Å². The zero-order chi connectivity index (χ0) is 15.0. The molecule has 1 aliphatic carbocycles. The fourth-order valence-corrected chi connectivity index (χ4v) is 3.55. The van der Waals surface area contributed by atoms with E-state index in [4.69, 9.17) is 0 Å². The summed E-state index contributed by atoms with van der Waals surface area (Å²) in [4.78, 5) is 12.3. The maximum absolute atomic E-state index is 12.3. The van der Waals surface area contributed by atoms with Gasteiger partial charge in [0.2, 0.25) is 5.91 Å². The van der Waals surface area contributed by atoms with Crippen LogP contribution < -0.4 is 10.6 Å². The molecule has 1 saturated heterocycles. The molecule has 1 fully saturated rings. The molecule has 1 amide bonds. The summed E-state index contributed by atoms with van der Waals surface area (Å²) in [5.41, 5.74) is 2.74. The molecule has 21 heavy (non-hydrogen) atoms. The van der Waals surface area contributed by atoms with Crippen molar-refractivity contribution in [1.82, 2.24) is 10.6 Å². The molecule has 0 saturated carbocycles. The molecule has 3 atom stereocenters. The molecule has 1 aliphatic heterocycles. The van der Waals surface area contributed by atoms with Gasteiger partial charge in [-0.05, 0) is 35.8 Å². The van der Waals surface area contributed by atoms with E-state index in [0.29, 0.717) is 13.0 Å². The predicted molar refractivity (Wildman–Crippen MR) is 82.0 cm³/mol. The van der Waals surface area contributed by atoms with Crippen molar-refractivity contribution in [2.24, 2.45) is 0 Å². The second kappa shape index (κ2) is 5.43. The van der Waals surface area contributed by atoms with Crippen molar-refractivity contribution in [3.63, 3.8) is 0 Å². The third-order valence-corrected chi connectivity index (χ3v) is 4.86. The van der Waals surface area contributed by atoms with Crippen LogP contribution in [0.15, 0.2) is 24.3 Å². The molecule has 3 N–H and O–H groups in total. The number of aliphatic hydroxyl groups is 1. The number of fused-ring (bicyclic) bond motifs is 1. The predicted octanol–water partition coefficient (Wildman–Crippen LogP) is 1.64. The van der Waals surface area contributed by atoms with Gasteiger partial charge in [0.25, 0.3) is 0 Å². The van der Waals surface area contributed by atoms with Gasteiger partial charge in [-0.3, -0.25) is 4.79 Å². The number of amides is 1. The third-order valence-electron chi connectivity index (χ3n) is 4.86. The van der Waals surface area contributed by atoms with E-state index in [9.17, 15) is 9.90 Å². The van der Waals surface area contributed by atoms with Gasteiger partial charge in [-0.1, -0.05) is 38.1 Å². The molecule has 0 bridgehead atoms. The number of β-amino-alcohol motifs (C(OH)–C–C–N with tert-alkyl or cyclic N) is 1. The van der Waals surface area contributed by atoms with E-state index >= 15 is 0 Å². The van der Waals surface area contributed by atoms with Crippen LogP contribution >= 0.6 is 0 Å². The number of carbonyl (C=O) groups excluding carboxylic acids is 1. The molecule has 1 aromatic rings. The highest BCUT2D eigenvalue weighted by Gasteiger charge is 2.35. The lowest BCUT2D eigenvalue weighted by Crippen LogP contribution is -2.44. The molecule has 1 heterocycles. The molecule has 4 heteroatoms. The van der Waals surface area contributed by atoms with Crippen LogP contribution in [0.5, 0.6) is 0 Å². The van der Waals surface area contributed by atoms with Crippen LogP contribution in [0.25, 0.3) is 0 Å². The van der Waals surface area contributed by atoms with Crippen molar-refractivity contribution in [3.05, 3.63) is 35.4 Å². The second-order valence-corrected chi connectivity index (χ2v) is 6.92. The summed E-state index contributed by atoms with van der Waals surface area (Å²) in [6.45, 7) is 5.03. The quantitative estimate of drug-likeness (QED) is 0.775. The summed E-state index contributed by atoms with van der Waals surface area (Å²) >= 11 is 0. The standard InChI is InChI=1S/C17H24N2O2/c1-17(2)8-7-14(12-5-3-4-6-13(12)17)19-16(21)15-9-11(20)10-18-15/h3-6,11,14-15,18,20H,7-10H2,1-2H3,(H,19,21). The summed E-state index contributed by atoms with van der Waals surface area (Å²) in [7, 11) is 0. The molecule has 3 unspecified atom stereocenters. The number of benzene rings is 1. The number of aliphatic hydroxyl groups excluding tert-OH is 1. The normalized spacial score (nSPS) is 30.7. The van der Waals surface area contributed by atoms with Gasteiger partial charge >= 0.3 is 0 Å². The Kier molecular flexibility index (Phi) is 3.76. The zero-order valence-corrected chi connectivity index (χ0v) is 12.7. The molecule has 4 nitrogen and oxygen atoms in total. The van der Waals surface area contributed by atoms with E-state index < -0.39 is 6.10 Å². The Bertz CT molecular complexity index is 541. The Morgan fingerprint density at radius 1 is 1.38 bits per heavy atom. The average molecular weight is 288 g/mol. The Hall–Kier alpha value is -1.39. The van der Waals surface area contributed by atoms with Crippen molar-refractivity contribution < 1.29 is 9.90 Å². The van der Waals surface area contributed by atoms with Crippen LogP contribution in [-0.2, 0) is 10.2 Å². The van der Waals surface area contributed by atoms with Gasteiger partial charge in [-0.2, -0.15) is 0 Å². The van der Waals surface area contributed by atoms with Crippen molar-refractivity contribution in [2.45, 2.75) is 56.7 Å². The smallest absolute Gasteiger partial charge is 0.237 e. The molecular formula is C17H24N2O2. The van der Waals surface area contributed by atoms with E-state index in [-0.39, 0.29) is 23.4 Å². The van der Waals surface area contributed by atoms with Crippen molar-refractivity contribution in [3.8, 4) is 0 Å². The highest BCUT2D eigenvalue weighted by atomic mass is 16.3. The summed E-state index contributed by atoms with van der Waals surface area (Å²) in [5, 5.41) is 15.8. The van der Waals surface area contributed by atoms with Crippen LogP contribution in [0, 0.1) is 0 Å². The number of hydrogen-bond acceptors (Lipinski definition) is 3. The minimum absolute atomic E-state index is 0.00561. The Morgan fingerprint density at radius 3 is 2.86 bits per heavy atom. The summed E-state index contributed by atoms with van der Waals surface area (Å²) in [5.74, 6) is 0.00561. The van der Waals surface area contributed by atoms with Gasteiger partial charge in [-0.15, -0.1) is 0 Å². The molecule has 0 spiro atoms. The monoisotopic (exact) mass is 288 g/mol. The minimum atomic E-state index is -0.404. The summed E-state index contributed by atoms with van der Waals surface area (Å²) in [6.07, 6.45) is 2.13. The maximum atomic E-state index is 12.3. The van der Waals surface area contributed by atoms with Gasteiger partial charge < -0.3 is 15.7 Å². The number of rotatable bonds is 2. The molecule has 0 aromatic heterocycles. The van der Waals surface area contributed by atoms with E-state index in [1.54, 1.807) is 0 Å². The molecule has 114 valence electrons. The molecule has 0 radical (unpaired) electrons. The van der Waals surface area contributed by atoms with Gasteiger partial charge in [0.1, 0.15) is 0 Å². The highest BCUT2D eigenvalue weighted by molar-refractivity contribution is 5.82. The number of nitrogens with one attached hydrogen (secondary N) is 2. The van der Waals surface area contributed by atoms with Gasteiger partial charge in [-0.25, -0.2) is 0 Å². The number of hydrogen-bond donors (Lipinski definition) is 3. The Balaban J connectivity index is 1.76. The minimum Gasteiger partial charge on any atom is -0.392 e. The first kappa shape index (κ1) is 14.5. The van der Waals surface area contributed by atoms with Crippen LogP contribution in [-0.4, -0.2) is 29.7 Å². The fourth-order valence-electron chi connectivity index (χ4n) is 3.55. The zero-order valence-electron chi connectivity index (χ0n) is 12.7. The van der Waals surface area contributed by atoms with E-state index in [0.717, 1.165) is 12.8 Å². The Morgan fingerprint density at radius 2 is 2.14 bits per heavy atom. The van der Waals surface area contributed by atoms with Gasteiger partial charge in [0.15, 0.2) is 0 Å². The largest absolute Gasteiger partial charge is 0.392 e. The van der Waals surface area contributed by atoms with Gasteiger partial charge in [0.05, 0.1) is 18.2 Å². The first-order valence-corrected chi connectivity index (χ1v) is 7.78. The number of carbonyl (C=O) groups is 1. The van der Waals surface area contributed by atoms with E-state index in [1.807, 2.05) is 6.07 Å². The lowest BCUT2D eigenvalue weighted by atomic mass is 9.71. The third kappa shape index (κ3) is 2.83. The average Bonchev–Trinajstić information content (AvgIpc) is 2.89. The second-order valence-electron chi connectivity index (χ2n) is 6.92. The van der Waals surface area contributed by atoms with E-state index in [1.165, 1.54) is 11.1 Å². The Labute approximate surface area is 125 Å². The van der Waals surface area contributed by atoms with Crippen molar-refractivity contribution in [1.29, 1.82) is 0 Å². The van der Waals surface area contributed by atoms with Crippen molar-refractivity contribution in [2.75, 3.05) is 6.54 Å². The maximum Gasteiger partial charge on any atom is 0.237 e. The summed E-state index contributed by atoms with van der Waals surface area (Å²) in [6, 6.07) is 8.23. The first-order chi connectivity index (χ1) is 9.97. The van der Waals surface area contributed by atoms with Gasteiger partial charge in [0, 0.05) is 6.54 Å². The van der Waals surface area contributed by atoms with Crippen LogP contribution in [0.4, 0.5) is 0 Å². The summed E-state index contributed by atoms with van der Waals surface area (Å²) < 4.78 is 0.